The van der Waals surface area contributed by atoms with Gasteiger partial charge in [0.25, 0.3) is 5.91 Å². The van der Waals surface area contributed by atoms with Gasteiger partial charge >= 0.3 is 0 Å². The van der Waals surface area contributed by atoms with Crippen LogP contribution < -0.4 is 11.2 Å². The average molecular weight is 697 g/mol. The largest absolute Gasteiger partial charge is 0.369 e. The highest BCUT2D eigenvalue weighted by molar-refractivity contribution is 7.83. The van der Waals surface area contributed by atoms with E-state index < -0.39 is 34.3 Å². The van der Waals surface area contributed by atoms with Gasteiger partial charge in [0, 0.05) is 19.5 Å². The number of benzene rings is 4. The summed E-state index contributed by atoms with van der Waals surface area (Å²) in [7, 11) is 0. The number of carbonyl (C=O) groups excluding carboxylic acids is 4. The highest BCUT2D eigenvalue weighted by Crippen LogP contribution is 2.31. The maximum atomic E-state index is 14.9. The molecule has 4 amide bonds. The standard InChI is InChI=1S/C39H44N4O4S2/c40-35(44)28-36(45)41-43(26-14-24-31-17-7-2-8-18-31)38(47)39(49,29-33-21-11-4-12-22-33)42(25-13-23-30-15-5-1-6-16-30)37(46)34(48)27-32-19-9-3-10-20-32/h1-12,15-22,34,48-49H,13-14,23-29H2,(H2,40,44)(H,41,45)/t34-,39-/m0/s1. The Bertz CT molecular complexity index is 1650. The Morgan fingerprint density at radius 1 is 0.673 bits per heavy atom. The zero-order valence-corrected chi connectivity index (χ0v) is 29.3. The van der Waals surface area contributed by atoms with Crippen molar-refractivity contribution >= 4 is 48.9 Å². The smallest absolute Gasteiger partial charge is 0.277 e. The fourth-order valence-corrected chi connectivity index (χ4v) is 6.55. The molecule has 0 unspecified atom stereocenters. The molecule has 4 rings (SSSR count). The summed E-state index contributed by atoms with van der Waals surface area (Å²) in [6, 6.07) is 38.6. The van der Waals surface area contributed by atoms with Crippen molar-refractivity contribution in [3.8, 4) is 0 Å². The summed E-state index contributed by atoms with van der Waals surface area (Å²) in [6.07, 6.45) is 2.14. The zero-order valence-electron chi connectivity index (χ0n) is 27.5. The molecule has 0 bridgehead atoms. The first-order chi connectivity index (χ1) is 23.7. The molecule has 4 aromatic rings. The number of nitrogens with one attached hydrogen (secondary N) is 1. The lowest BCUT2D eigenvalue weighted by molar-refractivity contribution is -0.153. The van der Waals surface area contributed by atoms with Gasteiger partial charge in [-0.1, -0.05) is 121 Å². The first-order valence-electron chi connectivity index (χ1n) is 16.4. The number of hydrogen-bond donors (Lipinski definition) is 4. The molecule has 0 fully saturated rings. The molecule has 0 saturated carbocycles. The van der Waals surface area contributed by atoms with Gasteiger partial charge in [-0.25, -0.2) is 0 Å². The van der Waals surface area contributed by atoms with Gasteiger partial charge in [0.1, 0.15) is 6.42 Å². The third kappa shape index (κ3) is 11.5. The maximum Gasteiger partial charge on any atom is 0.277 e. The second-order valence-corrected chi connectivity index (χ2v) is 13.4. The second-order valence-electron chi connectivity index (χ2n) is 12.0. The molecule has 0 spiro atoms. The molecule has 0 aromatic heterocycles. The van der Waals surface area contributed by atoms with E-state index in [1.807, 2.05) is 121 Å². The van der Waals surface area contributed by atoms with Crippen molar-refractivity contribution in [1.29, 1.82) is 0 Å². The molecular formula is C39H44N4O4S2. The summed E-state index contributed by atoms with van der Waals surface area (Å²) in [5.41, 5.74) is 11.8. The number of thiol groups is 2. The van der Waals surface area contributed by atoms with Crippen LogP contribution in [0.5, 0.6) is 0 Å². The van der Waals surface area contributed by atoms with Crippen LogP contribution in [0.4, 0.5) is 0 Å². The van der Waals surface area contributed by atoms with E-state index in [1.54, 1.807) is 0 Å². The molecule has 2 atom stereocenters. The number of nitrogens with two attached hydrogens (primary N) is 1. The molecule has 0 aliphatic rings. The molecule has 0 aliphatic carbocycles. The molecule has 0 aliphatic heterocycles. The van der Waals surface area contributed by atoms with E-state index in [2.05, 4.69) is 5.43 Å². The maximum absolute atomic E-state index is 14.9. The number of nitrogens with zero attached hydrogens (tertiary/aromatic N) is 2. The molecule has 10 heteroatoms. The predicted octanol–water partition coefficient (Wildman–Crippen LogP) is 5.23. The molecule has 256 valence electrons. The minimum absolute atomic E-state index is 0.0551. The Labute approximate surface area is 299 Å². The number of carbonyl (C=O) groups is 4. The van der Waals surface area contributed by atoms with E-state index in [0.29, 0.717) is 32.1 Å². The lowest BCUT2D eigenvalue weighted by Crippen LogP contribution is -2.64. The lowest BCUT2D eigenvalue weighted by Gasteiger charge is -2.43. The van der Waals surface area contributed by atoms with Crippen molar-refractivity contribution in [2.75, 3.05) is 13.1 Å². The fourth-order valence-electron chi connectivity index (χ4n) is 5.69. The molecule has 4 aromatic carbocycles. The topological polar surface area (TPSA) is 113 Å². The fraction of sp³-hybridized carbons (Fsp3) is 0.282. The summed E-state index contributed by atoms with van der Waals surface area (Å²) in [5, 5.41) is 0.414. The molecule has 0 saturated heterocycles. The van der Waals surface area contributed by atoms with Crippen LogP contribution in [-0.2, 0) is 44.9 Å². The van der Waals surface area contributed by atoms with Gasteiger partial charge in [-0.15, -0.1) is 12.6 Å². The number of aryl methyl sites for hydroxylation is 2. The van der Waals surface area contributed by atoms with Crippen LogP contribution in [0.1, 0.15) is 41.5 Å². The number of primary amides is 1. The van der Waals surface area contributed by atoms with Gasteiger partial charge in [0.15, 0.2) is 4.87 Å². The Morgan fingerprint density at radius 2 is 1.12 bits per heavy atom. The van der Waals surface area contributed by atoms with Crippen molar-refractivity contribution < 1.29 is 19.2 Å². The third-order valence-corrected chi connectivity index (χ3v) is 9.12. The number of rotatable bonds is 17. The van der Waals surface area contributed by atoms with Crippen molar-refractivity contribution in [2.45, 2.75) is 55.1 Å². The van der Waals surface area contributed by atoms with E-state index in [1.165, 1.54) is 9.91 Å². The molecule has 8 nitrogen and oxygen atoms in total. The van der Waals surface area contributed by atoms with Crippen LogP contribution in [0.2, 0.25) is 0 Å². The molecule has 49 heavy (non-hydrogen) atoms. The first kappa shape index (κ1) is 37.3. The van der Waals surface area contributed by atoms with E-state index in [-0.39, 0.29) is 25.4 Å². The summed E-state index contributed by atoms with van der Waals surface area (Å²) in [6.45, 7) is 0.310. The Morgan fingerprint density at radius 3 is 1.61 bits per heavy atom. The van der Waals surface area contributed by atoms with Crippen LogP contribution in [0, 0.1) is 0 Å². The highest BCUT2D eigenvalue weighted by Gasteiger charge is 2.47. The van der Waals surface area contributed by atoms with Crippen molar-refractivity contribution in [3.63, 3.8) is 0 Å². The van der Waals surface area contributed by atoms with Crippen LogP contribution in [0.15, 0.2) is 121 Å². The van der Waals surface area contributed by atoms with Gasteiger partial charge < -0.3 is 10.6 Å². The van der Waals surface area contributed by atoms with Gasteiger partial charge in [0.05, 0.1) is 5.25 Å². The minimum Gasteiger partial charge on any atom is -0.369 e. The normalized spacial score (nSPS) is 12.7. The second kappa shape index (κ2) is 18.9. The van der Waals surface area contributed by atoms with Crippen LogP contribution >= 0.6 is 25.3 Å². The zero-order chi connectivity index (χ0) is 35.1. The van der Waals surface area contributed by atoms with Crippen molar-refractivity contribution in [1.82, 2.24) is 15.3 Å². The monoisotopic (exact) mass is 696 g/mol. The third-order valence-electron chi connectivity index (χ3n) is 8.13. The van der Waals surface area contributed by atoms with Gasteiger partial charge in [-0.2, -0.15) is 12.6 Å². The Kier molecular flexibility index (Phi) is 14.3. The van der Waals surface area contributed by atoms with Gasteiger partial charge in [-0.05, 0) is 54.4 Å². The summed E-state index contributed by atoms with van der Waals surface area (Å²) < 4.78 is 0. The van der Waals surface area contributed by atoms with E-state index >= 15 is 0 Å². The molecule has 0 heterocycles. The average Bonchev–Trinajstić information content (AvgIpc) is 3.10. The Balaban J connectivity index is 1.71. The van der Waals surface area contributed by atoms with E-state index in [0.717, 1.165) is 22.3 Å². The van der Waals surface area contributed by atoms with Crippen molar-refractivity contribution in [2.24, 2.45) is 5.73 Å². The molecule has 3 N–H and O–H groups in total. The van der Waals surface area contributed by atoms with Gasteiger partial charge in [0.2, 0.25) is 17.7 Å². The lowest BCUT2D eigenvalue weighted by atomic mass is 10.00. The summed E-state index contributed by atoms with van der Waals surface area (Å²) in [5.74, 6) is -2.51. The first-order valence-corrected chi connectivity index (χ1v) is 17.4. The Hall–Kier alpha value is -4.54. The van der Waals surface area contributed by atoms with E-state index in [4.69, 9.17) is 31.0 Å². The SMILES string of the molecule is NC(=O)CC(=O)NN(CCCc1ccccc1)C(=O)[C@@](S)(Cc1ccccc1)N(CCCc1ccccc1)C(=O)[C@@H](S)Cc1ccccc1. The molecule has 0 radical (unpaired) electrons. The summed E-state index contributed by atoms with van der Waals surface area (Å²) in [4.78, 5) is 53.7. The predicted molar refractivity (Wildman–Crippen MR) is 200 cm³/mol. The highest BCUT2D eigenvalue weighted by atomic mass is 32.1. The van der Waals surface area contributed by atoms with Gasteiger partial charge in [-0.3, -0.25) is 29.6 Å². The number of amides is 4. The van der Waals surface area contributed by atoms with Crippen molar-refractivity contribution in [3.05, 3.63) is 144 Å². The molecular weight excluding hydrogens is 653 g/mol. The van der Waals surface area contributed by atoms with Crippen LogP contribution in [-0.4, -0.2) is 56.7 Å². The van der Waals surface area contributed by atoms with Crippen LogP contribution in [0.25, 0.3) is 0 Å². The quantitative estimate of drug-likeness (QED) is 0.0525. The van der Waals surface area contributed by atoms with E-state index in [9.17, 15) is 19.2 Å². The number of hydrazine groups is 1. The van der Waals surface area contributed by atoms with Crippen LogP contribution in [0.3, 0.4) is 0 Å². The number of hydrogen-bond acceptors (Lipinski definition) is 6. The summed E-state index contributed by atoms with van der Waals surface area (Å²) >= 11 is 9.87. The minimum atomic E-state index is -1.74.